The first kappa shape index (κ1) is 14.1. The van der Waals surface area contributed by atoms with E-state index in [4.69, 9.17) is 0 Å². The van der Waals surface area contributed by atoms with E-state index < -0.39 is 26.8 Å². The van der Waals surface area contributed by atoms with Gasteiger partial charge in [-0.05, 0) is 48.5 Å². The van der Waals surface area contributed by atoms with Crippen LogP contribution < -0.4 is 5.32 Å². The number of carbonyl (C=O) groups is 1. The van der Waals surface area contributed by atoms with E-state index in [1.54, 1.807) is 0 Å². The fraction of sp³-hybridized carbons (Fsp3) is 0. The normalized spacial score (nSPS) is 11.1. The van der Waals surface area contributed by atoms with Crippen molar-refractivity contribution in [3.05, 3.63) is 59.9 Å². The molecule has 0 saturated carbocycles. The van der Waals surface area contributed by atoms with E-state index in [0.29, 0.717) is 5.69 Å². The summed E-state index contributed by atoms with van der Waals surface area (Å²) in [4.78, 5) is 11.3. The van der Waals surface area contributed by atoms with Crippen LogP contribution in [0, 0.1) is 5.82 Å². The highest BCUT2D eigenvalue weighted by molar-refractivity contribution is 7.86. The minimum absolute atomic E-state index is 0.244. The van der Waals surface area contributed by atoms with Gasteiger partial charge in [0, 0.05) is 11.3 Å². The summed E-state index contributed by atoms with van der Waals surface area (Å²) in [6, 6.07) is 9.50. The number of rotatable bonds is 3. The van der Waals surface area contributed by atoms with Gasteiger partial charge in [-0.1, -0.05) is 0 Å². The fourth-order valence-corrected chi connectivity index (χ4v) is 1.97. The van der Waals surface area contributed by atoms with E-state index in [-0.39, 0.29) is 5.56 Å². The molecule has 0 aliphatic rings. The van der Waals surface area contributed by atoms with Crippen molar-refractivity contribution in [2.24, 2.45) is 0 Å². The lowest BCUT2D eigenvalue weighted by Gasteiger charge is -2.05. The van der Waals surface area contributed by atoms with E-state index in [1.807, 2.05) is 0 Å². The van der Waals surface area contributed by atoms with E-state index >= 15 is 0 Å². The third-order valence-electron chi connectivity index (χ3n) is 2.50. The molecule has 0 radical (unpaired) electrons. The van der Waals surface area contributed by atoms with Gasteiger partial charge in [0.15, 0.2) is 0 Å². The Hall–Kier alpha value is -2.28. The number of benzene rings is 2. The molecule has 0 unspecified atom stereocenters. The monoisotopic (exact) mass is 297 g/mol. The Balaban J connectivity index is 2.14. The molecule has 0 bridgehead atoms. The average Bonchev–Trinajstić information content (AvgIpc) is 2.39. The molecule has 104 valence electrons. The van der Waals surface area contributed by atoms with E-state index in [9.17, 15) is 21.5 Å². The average molecular weight is 297 g/mol. The molecule has 2 rings (SSSR count). The zero-order valence-electron chi connectivity index (χ0n) is 10.0. The Morgan fingerprint density at radius 1 is 0.950 bits per heavy atom. The minimum atomic E-state index is -4.76. The predicted molar refractivity (Wildman–Crippen MR) is 69.1 cm³/mol. The van der Waals surface area contributed by atoms with Gasteiger partial charge < -0.3 is 5.32 Å². The third-order valence-corrected chi connectivity index (χ3v) is 3.34. The SMILES string of the molecule is O=C(Nc1ccc(S(=O)(=O)F)cc1)c1ccc(F)cc1. The molecular formula is C13H9F2NO3S. The molecule has 0 aliphatic carbocycles. The standard InChI is InChI=1S/C13H9F2NO3S/c14-10-3-1-9(2-4-10)13(17)16-11-5-7-12(8-6-11)20(15,18)19/h1-8H,(H,16,17). The van der Waals surface area contributed by atoms with Gasteiger partial charge in [0.05, 0.1) is 4.90 Å². The van der Waals surface area contributed by atoms with Crippen molar-refractivity contribution in [1.29, 1.82) is 0 Å². The first-order valence-electron chi connectivity index (χ1n) is 5.48. The van der Waals surface area contributed by atoms with Crippen molar-refractivity contribution in [3.63, 3.8) is 0 Å². The number of hydrogen-bond donors (Lipinski definition) is 1. The van der Waals surface area contributed by atoms with Crippen LogP contribution in [0.1, 0.15) is 10.4 Å². The van der Waals surface area contributed by atoms with Gasteiger partial charge in [0.2, 0.25) is 0 Å². The van der Waals surface area contributed by atoms with Gasteiger partial charge in [-0.25, -0.2) is 4.39 Å². The maximum atomic E-state index is 12.7. The van der Waals surface area contributed by atoms with Gasteiger partial charge in [-0.3, -0.25) is 4.79 Å². The second kappa shape index (κ2) is 5.38. The van der Waals surface area contributed by atoms with E-state index in [2.05, 4.69) is 5.32 Å². The van der Waals surface area contributed by atoms with Crippen molar-refractivity contribution in [2.45, 2.75) is 4.90 Å². The minimum Gasteiger partial charge on any atom is -0.322 e. The predicted octanol–water partition coefficient (Wildman–Crippen LogP) is 2.74. The highest BCUT2D eigenvalue weighted by atomic mass is 32.3. The van der Waals surface area contributed by atoms with Crippen molar-refractivity contribution in [3.8, 4) is 0 Å². The van der Waals surface area contributed by atoms with Crippen LogP contribution in [0.25, 0.3) is 0 Å². The Kier molecular flexibility index (Phi) is 3.80. The van der Waals surface area contributed by atoms with Crippen LogP contribution in [0.3, 0.4) is 0 Å². The van der Waals surface area contributed by atoms with Crippen LogP contribution in [0.5, 0.6) is 0 Å². The maximum Gasteiger partial charge on any atom is 0.332 e. The lowest BCUT2D eigenvalue weighted by atomic mass is 10.2. The second-order valence-electron chi connectivity index (χ2n) is 3.92. The number of amides is 1. The van der Waals surface area contributed by atoms with E-state index in [1.165, 1.54) is 24.3 Å². The molecule has 7 heteroatoms. The fourth-order valence-electron chi connectivity index (χ4n) is 1.51. The van der Waals surface area contributed by atoms with Gasteiger partial charge in [0.25, 0.3) is 5.91 Å². The van der Waals surface area contributed by atoms with Crippen LogP contribution in [-0.4, -0.2) is 14.3 Å². The Morgan fingerprint density at radius 3 is 2.00 bits per heavy atom. The second-order valence-corrected chi connectivity index (χ2v) is 5.27. The summed E-state index contributed by atoms with van der Waals surface area (Å²) in [6.45, 7) is 0. The largest absolute Gasteiger partial charge is 0.332 e. The summed E-state index contributed by atoms with van der Waals surface area (Å²) in [6.07, 6.45) is 0. The zero-order chi connectivity index (χ0) is 14.8. The number of hydrogen-bond acceptors (Lipinski definition) is 3. The maximum absolute atomic E-state index is 12.7. The van der Waals surface area contributed by atoms with Crippen molar-refractivity contribution >= 4 is 21.8 Å². The van der Waals surface area contributed by atoms with Crippen molar-refractivity contribution < 1.29 is 21.5 Å². The Morgan fingerprint density at radius 2 is 1.50 bits per heavy atom. The summed E-state index contributed by atoms with van der Waals surface area (Å²) in [7, 11) is -4.76. The topological polar surface area (TPSA) is 63.2 Å². The van der Waals surface area contributed by atoms with Gasteiger partial charge in [0.1, 0.15) is 5.82 Å². The highest BCUT2D eigenvalue weighted by Crippen LogP contribution is 2.16. The highest BCUT2D eigenvalue weighted by Gasteiger charge is 2.12. The molecule has 1 amide bonds. The third kappa shape index (κ3) is 3.39. The first-order chi connectivity index (χ1) is 9.36. The van der Waals surface area contributed by atoms with Crippen LogP contribution >= 0.6 is 0 Å². The molecule has 2 aromatic carbocycles. The lowest BCUT2D eigenvalue weighted by molar-refractivity contribution is 0.102. The van der Waals surface area contributed by atoms with Crippen molar-refractivity contribution in [2.75, 3.05) is 5.32 Å². The molecule has 0 heterocycles. The molecule has 0 aromatic heterocycles. The molecule has 2 aromatic rings. The van der Waals surface area contributed by atoms with Crippen LogP contribution in [0.4, 0.5) is 14.0 Å². The van der Waals surface area contributed by atoms with Crippen LogP contribution in [-0.2, 0) is 10.2 Å². The van der Waals surface area contributed by atoms with Gasteiger partial charge in [-0.15, -0.1) is 3.89 Å². The zero-order valence-corrected chi connectivity index (χ0v) is 10.8. The molecule has 0 spiro atoms. The van der Waals surface area contributed by atoms with Crippen LogP contribution in [0.15, 0.2) is 53.4 Å². The lowest BCUT2D eigenvalue weighted by Crippen LogP contribution is -2.11. The summed E-state index contributed by atoms with van der Waals surface area (Å²) < 4.78 is 46.6. The molecule has 4 nitrogen and oxygen atoms in total. The summed E-state index contributed by atoms with van der Waals surface area (Å²) >= 11 is 0. The summed E-state index contributed by atoms with van der Waals surface area (Å²) in [5, 5.41) is 2.48. The molecule has 20 heavy (non-hydrogen) atoms. The van der Waals surface area contributed by atoms with Crippen molar-refractivity contribution in [1.82, 2.24) is 0 Å². The Bertz CT molecular complexity index is 725. The number of anilines is 1. The van der Waals surface area contributed by atoms with Crippen LogP contribution in [0.2, 0.25) is 0 Å². The molecule has 1 N–H and O–H groups in total. The number of carbonyl (C=O) groups excluding carboxylic acids is 1. The van der Waals surface area contributed by atoms with Gasteiger partial charge >= 0.3 is 10.2 Å². The molecular weight excluding hydrogens is 288 g/mol. The number of halogens is 2. The quantitative estimate of drug-likeness (QED) is 0.886. The summed E-state index contributed by atoms with van der Waals surface area (Å²) in [5.41, 5.74) is 0.542. The van der Waals surface area contributed by atoms with E-state index in [0.717, 1.165) is 24.3 Å². The Labute approximate surface area is 114 Å². The molecule has 0 saturated heterocycles. The first-order valence-corrected chi connectivity index (χ1v) is 6.86. The smallest absolute Gasteiger partial charge is 0.322 e. The summed E-state index contributed by atoms with van der Waals surface area (Å²) in [5.74, 6) is -0.945. The molecule has 0 fully saturated rings. The molecule has 0 atom stereocenters. The molecule has 0 aliphatic heterocycles. The number of nitrogens with one attached hydrogen (secondary N) is 1. The van der Waals surface area contributed by atoms with Gasteiger partial charge in [-0.2, -0.15) is 8.42 Å².